The van der Waals surface area contributed by atoms with Gasteiger partial charge >= 0.3 is 0 Å². The highest BCUT2D eigenvalue weighted by atomic mass is 16.3. The van der Waals surface area contributed by atoms with Crippen LogP contribution in [-0.4, -0.2) is 16.8 Å². The highest BCUT2D eigenvalue weighted by Gasteiger charge is 2.49. The molecule has 34 heavy (non-hydrogen) atoms. The van der Waals surface area contributed by atoms with Crippen LogP contribution in [0.15, 0.2) is 58.5 Å². The normalized spacial score (nSPS) is 18.1. The van der Waals surface area contributed by atoms with Crippen molar-refractivity contribution < 1.29 is 19.1 Å². The molecule has 5 heteroatoms. The van der Waals surface area contributed by atoms with Crippen LogP contribution in [-0.2, 0) is 15.0 Å². The Morgan fingerprint density at radius 2 is 1.59 bits per heavy atom. The van der Waals surface area contributed by atoms with E-state index in [1.54, 1.807) is 12.1 Å². The summed E-state index contributed by atoms with van der Waals surface area (Å²) in [6.45, 7) is 13.8. The van der Waals surface area contributed by atoms with Gasteiger partial charge in [-0.25, -0.2) is 0 Å². The van der Waals surface area contributed by atoms with Crippen LogP contribution >= 0.6 is 0 Å². The van der Waals surface area contributed by atoms with Gasteiger partial charge in [0.1, 0.15) is 23.3 Å². The molecule has 3 aromatic rings. The molecule has 0 saturated carbocycles. The van der Waals surface area contributed by atoms with Crippen LogP contribution in [0.2, 0.25) is 0 Å². The Morgan fingerprint density at radius 3 is 2.21 bits per heavy atom. The Balaban J connectivity index is 2.00. The van der Waals surface area contributed by atoms with Gasteiger partial charge < -0.3 is 9.52 Å². The van der Waals surface area contributed by atoms with E-state index in [2.05, 4.69) is 20.8 Å². The van der Waals surface area contributed by atoms with Gasteiger partial charge in [0.15, 0.2) is 0 Å². The molecule has 176 valence electrons. The standard InChI is InChI=1S/C29H31NO4/c1-16-8-9-18(3)22(14-16)30-25(23-13-11-19(4)34-23)24(27(32)28(30)33)26(31)21-15-20(29(5,6)7)12-10-17(21)2/h8-15,25,31H,1-7H3/b26-24+. The van der Waals surface area contributed by atoms with Gasteiger partial charge in [-0.1, -0.05) is 45.0 Å². The van der Waals surface area contributed by atoms with Crippen molar-refractivity contribution in [1.82, 2.24) is 0 Å². The Hall–Kier alpha value is -3.60. The summed E-state index contributed by atoms with van der Waals surface area (Å²) in [5.74, 6) is -0.498. The van der Waals surface area contributed by atoms with E-state index in [0.717, 1.165) is 22.3 Å². The third-order valence-electron chi connectivity index (χ3n) is 6.46. The van der Waals surface area contributed by atoms with E-state index < -0.39 is 17.7 Å². The minimum absolute atomic E-state index is 0.0365. The minimum Gasteiger partial charge on any atom is -0.507 e. The minimum atomic E-state index is -0.869. The van der Waals surface area contributed by atoms with Crippen LogP contribution in [0.1, 0.15) is 66.2 Å². The number of Topliss-reactive ketones (excluding diaryl/α,β-unsaturated/α-hetero) is 1. The van der Waals surface area contributed by atoms with Gasteiger partial charge in [-0.2, -0.15) is 0 Å². The van der Waals surface area contributed by atoms with E-state index in [-0.39, 0.29) is 16.7 Å². The molecule has 2 heterocycles. The van der Waals surface area contributed by atoms with Crippen molar-refractivity contribution in [2.75, 3.05) is 4.90 Å². The van der Waals surface area contributed by atoms with Crippen LogP contribution in [0, 0.1) is 27.7 Å². The summed E-state index contributed by atoms with van der Waals surface area (Å²) < 4.78 is 5.92. The van der Waals surface area contributed by atoms with Gasteiger partial charge in [-0.05, 0) is 79.6 Å². The first-order valence-corrected chi connectivity index (χ1v) is 11.5. The Morgan fingerprint density at radius 1 is 0.912 bits per heavy atom. The van der Waals surface area contributed by atoms with E-state index in [1.165, 1.54) is 4.90 Å². The number of rotatable bonds is 3. The molecule has 5 nitrogen and oxygen atoms in total. The van der Waals surface area contributed by atoms with E-state index in [4.69, 9.17) is 4.42 Å². The van der Waals surface area contributed by atoms with E-state index in [1.807, 2.05) is 64.1 Å². The number of ketones is 1. The van der Waals surface area contributed by atoms with E-state index >= 15 is 0 Å². The summed E-state index contributed by atoms with van der Waals surface area (Å²) in [4.78, 5) is 28.3. The lowest BCUT2D eigenvalue weighted by molar-refractivity contribution is -0.132. The molecule has 1 saturated heterocycles. The van der Waals surface area contributed by atoms with Crippen molar-refractivity contribution in [3.63, 3.8) is 0 Å². The Labute approximate surface area is 200 Å². The number of aliphatic hydroxyl groups is 1. The lowest BCUT2D eigenvalue weighted by Gasteiger charge is -2.26. The molecule has 1 aliphatic heterocycles. The smallest absolute Gasteiger partial charge is 0.300 e. The second-order valence-electron chi connectivity index (χ2n) is 10.2. The summed E-state index contributed by atoms with van der Waals surface area (Å²) in [6, 6.07) is 14.3. The third kappa shape index (κ3) is 3.96. The number of carbonyl (C=O) groups is 2. The van der Waals surface area contributed by atoms with Crippen molar-refractivity contribution in [1.29, 1.82) is 0 Å². The molecule has 1 atom stereocenters. The van der Waals surface area contributed by atoms with Crippen LogP contribution in [0.3, 0.4) is 0 Å². The summed E-state index contributed by atoms with van der Waals surface area (Å²) in [5.41, 5.74) is 4.71. The topological polar surface area (TPSA) is 70.8 Å². The van der Waals surface area contributed by atoms with Crippen LogP contribution < -0.4 is 4.90 Å². The fourth-order valence-corrected chi connectivity index (χ4v) is 4.42. The van der Waals surface area contributed by atoms with Crippen molar-refractivity contribution in [2.24, 2.45) is 0 Å². The number of aryl methyl sites for hydroxylation is 4. The summed E-state index contributed by atoms with van der Waals surface area (Å²) in [5, 5.41) is 11.5. The van der Waals surface area contributed by atoms with E-state index in [9.17, 15) is 14.7 Å². The molecule has 0 spiro atoms. The average Bonchev–Trinajstić information content (AvgIpc) is 3.30. The number of benzene rings is 2. The van der Waals surface area contributed by atoms with Crippen molar-refractivity contribution in [3.05, 3.63) is 93.4 Å². The van der Waals surface area contributed by atoms with Gasteiger partial charge in [0.2, 0.25) is 0 Å². The van der Waals surface area contributed by atoms with E-state index in [0.29, 0.717) is 22.8 Å². The number of hydrogen-bond acceptors (Lipinski definition) is 4. The predicted molar refractivity (Wildman–Crippen MR) is 134 cm³/mol. The third-order valence-corrected chi connectivity index (χ3v) is 6.46. The number of carbonyl (C=O) groups excluding carboxylic acids is 2. The molecule has 1 aliphatic rings. The molecular weight excluding hydrogens is 426 g/mol. The molecule has 1 fully saturated rings. The molecule has 1 unspecified atom stereocenters. The molecule has 1 N–H and O–H groups in total. The molecule has 2 aromatic carbocycles. The monoisotopic (exact) mass is 457 g/mol. The van der Waals surface area contributed by atoms with Crippen molar-refractivity contribution in [2.45, 2.75) is 59.9 Å². The lowest BCUT2D eigenvalue weighted by atomic mass is 9.84. The average molecular weight is 458 g/mol. The quantitative estimate of drug-likeness (QED) is 0.279. The molecule has 0 aliphatic carbocycles. The fourth-order valence-electron chi connectivity index (χ4n) is 4.42. The number of anilines is 1. The highest BCUT2D eigenvalue weighted by Crippen LogP contribution is 2.44. The zero-order chi connectivity index (χ0) is 24.9. The van der Waals surface area contributed by atoms with Crippen LogP contribution in [0.25, 0.3) is 5.76 Å². The summed E-state index contributed by atoms with van der Waals surface area (Å²) in [6.07, 6.45) is 0. The van der Waals surface area contributed by atoms with Gasteiger partial charge in [-0.15, -0.1) is 0 Å². The van der Waals surface area contributed by atoms with Gasteiger partial charge in [0.25, 0.3) is 11.7 Å². The molecule has 0 radical (unpaired) electrons. The first-order chi connectivity index (χ1) is 15.9. The number of furan rings is 1. The number of nitrogens with zero attached hydrogens (tertiary/aromatic N) is 1. The molecule has 4 rings (SSSR count). The maximum absolute atomic E-state index is 13.4. The van der Waals surface area contributed by atoms with Crippen molar-refractivity contribution in [3.8, 4) is 0 Å². The maximum atomic E-state index is 13.4. The Kier molecular flexibility index (Phi) is 5.76. The van der Waals surface area contributed by atoms with Gasteiger partial charge in [0, 0.05) is 11.3 Å². The van der Waals surface area contributed by atoms with Gasteiger partial charge in [0.05, 0.1) is 5.57 Å². The fraction of sp³-hybridized carbons (Fsp3) is 0.310. The van der Waals surface area contributed by atoms with Gasteiger partial charge in [-0.3, -0.25) is 14.5 Å². The van der Waals surface area contributed by atoms with Crippen LogP contribution in [0.4, 0.5) is 5.69 Å². The predicted octanol–water partition coefficient (Wildman–Crippen LogP) is 6.44. The molecule has 1 aromatic heterocycles. The Bertz CT molecular complexity index is 1340. The molecular formula is C29H31NO4. The largest absolute Gasteiger partial charge is 0.507 e. The first-order valence-electron chi connectivity index (χ1n) is 11.5. The zero-order valence-corrected chi connectivity index (χ0v) is 20.8. The molecule has 0 bridgehead atoms. The van der Waals surface area contributed by atoms with Crippen molar-refractivity contribution >= 4 is 23.1 Å². The number of amides is 1. The first kappa shape index (κ1) is 23.6. The highest BCUT2D eigenvalue weighted by molar-refractivity contribution is 6.51. The SMILES string of the molecule is Cc1ccc(C)c(N2C(=O)C(=O)/C(=C(/O)c3cc(C(C)(C)C)ccc3C)C2c2ccc(C)o2)c1. The zero-order valence-electron chi connectivity index (χ0n) is 20.8. The summed E-state index contributed by atoms with van der Waals surface area (Å²) in [7, 11) is 0. The summed E-state index contributed by atoms with van der Waals surface area (Å²) >= 11 is 0. The maximum Gasteiger partial charge on any atom is 0.300 e. The molecule has 1 amide bonds. The second kappa shape index (κ2) is 8.32. The lowest BCUT2D eigenvalue weighted by Crippen LogP contribution is -2.30. The second-order valence-corrected chi connectivity index (χ2v) is 10.2. The number of hydrogen-bond donors (Lipinski definition) is 1. The number of aliphatic hydroxyl groups excluding tert-OH is 1. The van der Waals surface area contributed by atoms with Crippen LogP contribution in [0.5, 0.6) is 0 Å².